The number of hydrogen-bond acceptors (Lipinski definition) is 5. The second kappa shape index (κ2) is 7.63. The van der Waals surface area contributed by atoms with E-state index in [1.54, 1.807) is 12.1 Å². The third kappa shape index (κ3) is 3.38. The van der Waals surface area contributed by atoms with E-state index in [4.69, 9.17) is 9.15 Å². The molecule has 0 aliphatic carbocycles. The summed E-state index contributed by atoms with van der Waals surface area (Å²) in [5.74, 6) is 0.883. The Bertz CT molecular complexity index is 1110. The van der Waals surface area contributed by atoms with E-state index < -0.39 is 0 Å². The number of para-hydroxylation sites is 1. The lowest BCUT2D eigenvalue weighted by molar-refractivity contribution is -0.918. The van der Waals surface area contributed by atoms with E-state index >= 15 is 0 Å². The normalized spacial score (nSPS) is 18.8. The molecule has 1 N–H and O–H groups in total. The number of nitrogens with zero attached hydrogens (tertiary/aromatic N) is 1. The SMILES string of the molecule is CCN1CC[NH+](Cc2c([O-])ccc3c2OC(=Cc2cc4ccccc4o2)C3=O)CC1. The van der Waals surface area contributed by atoms with Gasteiger partial charge in [0.1, 0.15) is 23.6 Å². The maximum atomic E-state index is 12.9. The van der Waals surface area contributed by atoms with Gasteiger partial charge in [0.15, 0.2) is 5.76 Å². The largest absolute Gasteiger partial charge is 0.872 e. The number of fused-ring (bicyclic) bond motifs is 2. The van der Waals surface area contributed by atoms with Crippen LogP contribution in [0.1, 0.15) is 28.6 Å². The Labute approximate surface area is 175 Å². The van der Waals surface area contributed by atoms with E-state index in [9.17, 15) is 9.90 Å². The fraction of sp³-hybridized carbons (Fsp3) is 0.292. The number of nitrogens with one attached hydrogen (secondary N) is 1. The van der Waals surface area contributed by atoms with Gasteiger partial charge < -0.3 is 19.2 Å². The molecule has 154 valence electrons. The first-order chi connectivity index (χ1) is 14.6. The minimum absolute atomic E-state index is 0.0723. The fourth-order valence-corrected chi connectivity index (χ4v) is 4.27. The smallest absolute Gasteiger partial charge is 0.232 e. The first-order valence-corrected chi connectivity index (χ1v) is 10.4. The molecule has 2 aliphatic rings. The number of hydrogen-bond donors (Lipinski definition) is 1. The molecular weight excluding hydrogens is 380 g/mol. The Morgan fingerprint density at radius 1 is 1.17 bits per heavy atom. The van der Waals surface area contributed by atoms with Crippen molar-refractivity contribution in [2.75, 3.05) is 32.7 Å². The monoisotopic (exact) mass is 404 g/mol. The maximum Gasteiger partial charge on any atom is 0.232 e. The van der Waals surface area contributed by atoms with Gasteiger partial charge in [-0.05, 0) is 24.7 Å². The molecule has 0 unspecified atom stereocenters. The molecule has 30 heavy (non-hydrogen) atoms. The highest BCUT2D eigenvalue weighted by atomic mass is 16.5. The molecule has 6 heteroatoms. The summed E-state index contributed by atoms with van der Waals surface area (Å²) in [6.07, 6.45) is 1.61. The van der Waals surface area contributed by atoms with Crippen LogP contribution in [0.2, 0.25) is 0 Å². The van der Waals surface area contributed by atoms with Gasteiger partial charge in [-0.25, -0.2) is 0 Å². The van der Waals surface area contributed by atoms with Crippen molar-refractivity contribution in [2.45, 2.75) is 13.5 Å². The standard InChI is InChI=1S/C24H24N2O4/c1-2-25-9-11-26(12-10-25)15-19-20(27)8-7-18-23(28)22(30-24(18)19)14-17-13-16-5-3-4-6-21(16)29-17/h3-8,13-14,27H,2,9-12,15H2,1H3. The number of piperazine rings is 1. The van der Waals surface area contributed by atoms with Crippen molar-refractivity contribution >= 4 is 22.8 Å². The van der Waals surface area contributed by atoms with Crippen LogP contribution in [0.5, 0.6) is 11.5 Å². The van der Waals surface area contributed by atoms with Crippen molar-refractivity contribution in [3.63, 3.8) is 0 Å². The van der Waals surface area contributed by atoms with Crippen LogP contribution in [-0.2, 0) is 6.54 Å². The van der Waals surface area contributed by atoms with Crippen LogP contribution in [-0.4, -0.2) is 43.4 Å². The summed E-state index contributed by atoms with van der Waals surface area (Å²) >= 11 is 0. The first-order valence-electron chi connectivity index (χ1n) is 10.4. The number of carbonyl (C=O) groups excluding carboxylic acids is 1. The quantitative estimate of drug-likeness (QED) is 0.672. The molecule has 0 saturated carbocycles. The maximum absolute atomic E-state index is 12.9. The number of rotatable bonds is 4. The first kappa shape index (κ1) is 18.9. The van der Waals surface area contributed by atoms with Crippen LogP contribution in [0, 0.1) is 0 Å². The number of quaternary nitrogens is 1. The van der Waals surface area contributed by atoms with Crippen LogP contribution in [0.15, 0.2) is 52.6 Å². The lowest BCUT2D eigenvalue weighted by atomic mass is 10.0. The summed E-state index contributed by atoms with van der Waals surface area (Å²) in [6, 6.07) is 12.6. The average Bonchev–Trinajstić information content (AvgIpc) is 3.31. The summed E-state index contributed by atoms with van der Waals surface area (Å²) in [5.41, 5.74) is 1.80. The van der Waals surface area contributed by atoms with Crippen molar-refractivity contribution < 1.29 is 24.0 Å². The molecule has 0 atom stereocenters. The Morgan fingerprint density at radius 2 is 1.97 bits per heavy atom. The summed E-state index contributed by atoms with van der Waals surface area (Å²) in [5, 5.41) is 13.6. The zero-order chi connectivity index (χ0) is 20.7. The van der Waals surface area contributed by atoms with Crippen LogP contribution < -0.4 is 14.7 Å². The van der Waals surface area contributed by atoms with E-state index in [2.05, 4.69) is 11.8 Å². The molecule has 2 aromatic carbocycles. The van der Waals surface area contributed by atoms with Crippen LogP contribution in [0.25, 0.3) is 17.0 Å². The molecule has 0 amide bonds. The molecule has 2 aliphatic heterocycles. The fourth-order valence-electron chi connectivity index (χ4n) is 4.27. The number of benzene rings is 2. The van der Waals surface area contributed by atoms with Gasteiger partial charge in [0, 0.05) is 30.1 Å². The molecule has 0 radical (unpaired) electrons. The second-order valence-electron chi connectivity index (χ2n) is 7.91. The number of allylic oxidation sites excluding steroid dienone is 1. The number of ketones is 1. The Kier molecular flexibility index (Phi) is 4.81. The van der Waals surface area contributed by atoms with E-state index in [1.165, 1.54) is 11.0 Å². The van der Waals surface area contributed by atoms with Gasteiger partial charge in [0.25, 0.3) is 0 Å². The van der Waals surface area contributed by atoms with Gasteiger partial charge in [-0.15, -0.1) is 0 Å². The highest BCUT2D eigenvalue weighted by Crippen LogP contribution is 2.38. The van der Waals surface area contributed by atoms with E-state index in [-0.39, 0.29) is 17.3 Å². The molecule has 3 heterocycles. The number of ether oxygens (including phenoxy) is 1. The molecule has 0 bridgehead atoms. The average molecular weight is 404 g/mol. The van der Waals surface area contributed by atoms with Crippen LogP contribution >= 0.6 is 0 Å². The number of Topliss-reactive ketones (excluding diaryl/α,β-unsaturated/α-hetero) is 1. The van der Waals surface area contributed by atoms with Gasteiger partial charge in [0.05, 0.1) is 18.7 Å². The molecular formula is C24H24N2O4. The van der Waals surface area contributed by atoms with Crippen LogP contribution in [0.4, 0.5) is 0 Å². The molecule has 0 spiro atoms. The third-order valence-electron chi connectivity index (χ3n) is 6.05. The zero-order valence-corrected chi connectivity index (χ0v) is 16.9. The summed E-state index contributed by atoms with van der Waals surface area (Å²) in [7, 11) is 0. The molecule has 3 aromatic rings. The van der Waals surface area contributed by atoms with Crippen molar-refractivity contribution in [3.05, 3.63) is 65.1 Å². The molecule has 1 aromatic heterocycles. The van der Waals surface area contributed by atoms with Gasteiger partial charge in [-0.3, -0.25) is 9.69 Å². The van der Waals surface area contributed by atoms with Gasteiger partial charge >= 0.3 is 0 Å². The summed E-state index contributed by atoms with van der Waals surface area (Å²) < 4.78 is 11.7. The highest BCUT2D eigenvalue weighted by Gasteiger charge is 2.32. The van der Waals surface area contributed by atoms with Gasteiger partial charge in [-0.2, -0.15) is 0 Å². The minimum atomic E-state index is -0.211. The van der Waals surface area contributed by atoms with Crippen molar-refractivity contribution in [3.8, 4) is 11.5 Å². The van der Waals surface area contributed by atoms with Crippen LogP contribution in [0.3, 0.4) is 0 Å². The molecule has 1 saturated heterocycles. The Hall–Kier alpha value is -3.09. The Balaban J connectivity index is 1.42. The van der Waals surface area contributed by atoms with Gasteiger partial charge in [-0.1, -0.05) is 36.9 Å². The topological polar surface area (TPSA) is 70.2 Å². The zero-order valence-electron chi connectivity index (χ0n) is 16.9. The van der Waals surface area contributed by atoms with Crippen molar-refractivity contribution in [2.24, 2.45) is 0 Å². The van der Waals surface area contributed by atoms with Crippen molar-refractivity contribution in [1.29, 1.82) is 0 Å². The number of furan rings is 1. The molecule has 1 fully saturated rings. The Morgan fingerprint density at radius 3 is 2.73 bits per heavy atom. The molecule has 5 rings (SSSR count). The lowest BCUT2D eigenvalue weighted by Gasteiger charge is -2.32. The van der Waals surface area contributed by atoms with E-state index in [0.29, 0.717) is 29.2 Å². The van der Waals surface area contributed by atoms with E-state index in [1.807, 2.05) is 30.3 Å². The predicted octanol–water partition coefficient (Wildman–Crippen LogP) is 1.84. The lowest BCUT2D eigenvalue weighted by Crippen LogP contribution is -3.13. The molecule has 6 nitrogen and oxygen atoms in total. The summed E-state index contributed by atoms with van der Waals surface area (Å²) in [4.78, 5) is 16.7. The van der Waals surface area contributed by atoms with E-state index in [0.717, 1.165) is 43.7 Å². The van der Waals surface area contributed by atoms with Gasteiger partial charge in [0.2, 0.25) is 5.78 Å². The third-order valence-corrected chi connectivity index (χ3v) is 6.05. The predicted molar refractivity (Wildman–Crippen MR) is 112 cm³/mol. The summed E-state index contributed by atoms with van der Waals surface area (Å²) in [6.45, 7) is 7.79. The van der Waals surface area contributed by atoms with Crippen molar-refractivity contribution in [1.82, 2.24) is 4.90 Å². The highest BCUT2D eigenvalue weighted by molar-refractivity contribution is 6.14. The minimum Gasteiger partial charge on any atom is -0.872 e. The number of carbonyl (C=O) groups is 1. The number of likely N-dealkylation sites (N-methyl/N-ethyl adjacent to an activating group) is 1. The second-order valence-corrected chi connectivity index (χ2v) is 7.91.